The third-order valence-corrected chi connectivity index (χ3v) is 3.57. The minimum atomic E-state index is -0.347. The lowest BCUT2D eigenvalue weighted by molar-refractivity contribution is 0.415. The van der Waals surface area contributed by atoms with Gasteiger partial charge in [-0.15, -0.1) is 0 Å². The third kappa shape index (κ3) is 2.34. The Hall–Kier alpha value is -2.07. The first-order valence-electron chi connectivity index (χ1n) is 6.05. The van der Waals surface area contributed by atoms with Crippen LogP contribution in [0.4, 0.5) is 0 Å². The second-order valence-corrected chi connectivity index (χ2v) is 5.28. The van der Waals surface area contributed by atoms with Gasteiger partial charge in [0.05, 0.1) is 12.7 Å². The zero-order valence-corrected chi connectivity index (χ0v) is 12.3. The Labute approximate surface area is 123 Å². The zero-order chi connectivity index (χ0) is 14.1. The molecule has 0 fully saturated rings. The molecule has 20 heavy (non-hydrogen) atoms. The van der Waals surface area contributed by atoms with Gasteiger partial charge in [-0.05, 0) is 42.0 Å². The van der Waals surface area contributed by atoms with E-state index in [2.05, 4.69) is 15.9 Å². The van der Waals surface area contributed by atoms with Crippen LogP contribution >= 0.6 is 15.9 Å². The summed E-state index contributed by atoms with van der Waals surface area (Å²) in [6.45, 7) is 0. The van der Waals surface area contributed by atoms with Crippen molar-refractivity contribution in [3.8, 4) is 16.9 Å². The quantitative estimate of drug-likeness (QED) is 0.660. The van der Waals surface area contributed by atoms with E-state index >= 15 is 0 Å². The van der Waals surface area contributed by atoms with E-state index in [1.165, 1.54) is 0 Å². The summed E-state index contributed by atoms with van der Waals surface area (Å²) >= 11 is 3.40. The Bertz CT molecular complexity index is 836. The van der Waals surface area contributed by atoms with E-state index in [0.717, 1.165) is 21.2 Å². The monoisotopic (exact) mass is 330 g/mol. The molecule has 0 bridgehead atoms. The first-order valence-corrected chi connectivity index (χ1v) is 6.84. The molecule has 4 heteroatoms. The molecule has 3 nitrogen and oxygen atoms in total. The van der Waals surface area contributed by atoms with Crippen LogP contribution in [0.5, 0.6) is 5.75 Å². The van der Waals surface area contributed by atoms with Gasteiger partial charge in [-0.2, -0.15) is 0 Å². The average Bonchev–Trinajstić information content (AvgIpc) is 2.46. The van der Waals surface area contributed by atoms with E-state index in [1.54, 1.807) is 19.2 Å². The van der Waals surface area contributed by atoms with Gasteiger partial charge >= 0.3 is 5.63 Å². The first kappa shape index (κ1) is 12.9. The van der Waals surface area contributed by atoms with Gasteiger partial charge in [-0.25, -0.2) is 4.79 Å². The number of halogens is 1. The fourth-order valence-corrected chi connectivity index (χ4v) is 2.48. The second kappa shape index (κ2) is 5.13. The molecule has 3 rings (SSSR count). The van der Waals surface area contributed by atoms with Crippen molar-refractivity contribution in [2.75, 3.05) is 7.11 Å². The van der Waals surface area contributed by atoms with Crippen LogP contribution in [-0.2, 0) is 0 Å². The number of hydrogen-bond acceptors (Lipinski definition) is 3. The fraction of sp³-hybridized carbons (Fsp3) is 0.0625. The molecule has 1 aromatic heterocycles. The predicted molar refractivity (Wildman–Crippen MR) is 82.2 cm³/mol. The molecule has 0 saturated heterocycles. The first-order chi connectivity index (χ1) is 9.67. The van der Waals surface area contributed by atoms with Crippen LogP contribution in [0.2, 0.25) is 0 Å². The minimum Gasteiger partial charge on any atom is -0.497 e. The highest BCUT2D eigenvalue weighted by Crippen LogP contribution is 2.25. The minimum absolute atomic E-state index is 0.347. The highest BCUT2D eigenvalue weighted by atomic mass is 79.9. The normalized spacial score (nSPS) is 10.7. The fourth-order valence-electron chi connectivity index (χ4n) is 2.09. The van der Waals surface area contributed by atoms with Gasteiger partial charge in [-0.1, -0.05) is 28.1 Å². The second-order valence-electron chi connectivity index (χ2n) is 4.36. The highest BCUT2D eigenvalue weighted by molar-refractivity contribution is 9.10. The van der Waals surface area contributed by atoms with Gasteiger partial charge in [0.25, 0.3) is 0 Å². The van der Waals surface area contributed by atoms with Crippen LogP contribution in [0.25, 0.3) is 22.1 Å². The molecule has 0 unspecified atom stereocenters. The van der Waals surface area contributed by atoms with Crippen molar-refractivity contribution in [1.82, 2.24) is 0 Å². The maximum Gasteiger partial charge on any atom is 0.344 e. The summed E-state index contributed by atoms with van der Waals surface area (Å²) in [5.41, 5.74) is 1.56. The topological polar surface area (TPSA) is 39.4 Å². The molecule has 2 aromatic carbocycles. The molecule has 0 saturated carbocycles. The number of methoxy groups -OCH3 is 1. The van der Waals surface area contributed by atoms with Crippen molar-refractivity contribution >= 4 is 26.9 Å². The van der Waals surface area contributed by atoms with Gasteiger partial charge in [0.2, 0.25) is 0 Å². The van der Waals surface area contributed by atoms with E-state index in [-0.39, 0.29) is 5.63 Å². The van der Waals surface area contributed by atoms with Crippen molar-refractivity contribution in [2.45, 2.75) is 0 Å². The summed E-state index contributed by atoms with van der Waals surface area (Å²) in [7, 11) is 1.61. The van der Waals surface area contributed by atoms with Crippen LogP contribution in [0.1, 0.15) is 0 Å². The molecule has 0 N–H and O–H groups in total. The Morgan fingerprint density at radius 3 is 2.70 bits per heavy atom. The molecule has 1 heterocycles. The molecule has 0 amide bonds. The van der Waals surface area contributed by atoms with Crippen molar-refractivity contribution < 1.29 is 9.15 Å². The SMILES string of the molecule is COc1ccc2oc(=O)c(-c3cccc(Br)c3)cc2c1. The maximum atomic E-state index is 12.1. The molecular weight excluding hydrogens is 320 g/mol. The van der Waals surface area contributed by atoms with Crippen LogP contribution in [0, 0.1) is 0 Å². The number of fused-ring (bicyclic) bond motifs is 1. The van der Waals surface area contributed by atoms with Gasteiger partial charge in [0.1, 0.15) is 11.3 Å². The lowest BCUT2D eigenvalue weighted by atomic mass is 10.1. The van der Waals surface area contributed by atoms with E-state index in [1.807, 2.05) is 36.4 Å². The zero-order valence-electron chi connectivity index (χ0n) is 10.7. The Balaban J connectivity index is 2.25. The van der Waals surface area contributed by atoms with Gasteiger partial charge in [0.15, 0.2) is 0 Å². The number of rotatable bonds is 2. The van der Waals surface area contributed by atoms with E-state index in [0.29, 0.717) is 11.1 Å². The van der Waals surface area contributed by atoms with Crippen molar-refractivity contribution in [1.29, 1.82) is 0 Å². The van der Waals surface area contributed by atoms with Crippen LogP contribution in [0.15, 0.2) is 62.2 Å². The molecule has 100 valence electrons. The number of ether oxygens (including phenoxy) is 1. The number of hydrogen-bond donors (Lipinski definition) is 0. The van der Waals surface area contributed by atoms with E-state index < -0.39 is 0 Å². The van der Waals surface area contributed by atoms with E-state index in [4.69, 9.17) is 9.15 Å². The van der Waals surface area contributed by atoms with Gasteiger partial charge < -0.3 is 9.15 Å². The molecule has 0 aliphatic rings. The molecule has 3 aromatic rings. The average molecular weight is 331 g/mol. The molecule has 0 spiro atoms. The summed E-state index contributed by atoms with van der Waals surface area (Å²) in [5.74, 6) is 0.728. The Morgan fingerprint density at radius 1 is 1.10 bits per heavy atom. The maximum absolute atomic E-state index is 12.1. The smallest absolute Gasteiger partial charge is 0.344 e. The lowest BCUT2D eigenvalue weighted by Gasteiger charge is -2.05. The molecule has 0 aliphatic heterocycles. The molecule has 0 aliphatic carbocycles. The van der Waals surface area contributed by atoms with Crippen molar-refractivity contribution in [2.24, 2.45) is 0 Å². The lowest BCUT2D eigenvalue weighted by Crippen LogP contribution is -2.02. The predicted octanol–water partition coefficient (Wildman–Crippen LogP) is 4.23. The summed E-state index contributed by atoms with van der Waals surface area (Å²) < 4.78 is 11.5. The van der Waals surface area contributed by atoms with Crippen LogP contribution < -0.4 is 10.4 Å². The summed E-state index contributed by atoms with van der Waals surface area (Å²) in [5, 5.41) is 0.832. The third-order valence-electron chi connectivity index (χ3n) is 3.07. The van der Waals surface area contributed by atoms with E-state index in [9.17, 15) is 4.79 Å². The Kier molecular flexibility index (Phi) is 3.32. The summed E-state index contributed by atoms with van der Waals surface area (Å²) in [6, 6.07) is 14.7. The van der Waals surface area contributed by atoms with Crippen LogP contribution in [-0.4, -0.2) is 7.11 Å². The molecular formula is C16H11BrO3. The highest BCUT2D eigenvalue weighted by Gasteiger charge is 2.08. The van der Waals surface area contributed by atoms with Crippen molar-refractivity contribution in [3.63, 3.8) is 0 Å². The largest absolute Gasteiger partial charge is 0.497 e. The Morgan fingerprint density at radius 2 is 1.95 bits per heavy atom. The summed E-state index contributed by atoms with van der Waals surface area (Å²) in [4.78, 5) is 12.1. The van der Waals surface area contributed by atoms with Gasteiger partial charge in [0, 0.05) is 9.86 Å². The molecule has 0 radical (unpaired) electrons. The van der Waals surface area contributed by atoms with Crippen molar-refractivity contribution in [3.05, 3.63) is 63.4 Å². The molecule has 0 atom stereocenters. The van der Waals surface area contributed by atoms with Crippen LogP contribution in [0.3, 0.4) is 0 Å². The standard InChI is InChI=1S/C16H11BrO3/c1-19-13-5-6-15-11(8-13)9-14(16(18)20-15)10-3-2-4-12(17)7-10/h2-9H,1H3. The number of benzene rings is 2. The van der Waals surface area contributed by atoms with Gasteiger partial charge in [-0.3, -0.25) is 0 Å². The summed E-state index contributed by atoms with van der Waals surface area (Å²) in [6.07, 6.45) is 0.